The Morgan fingerprint density at radius 3 is 2.69 bits per heavy atom. The predicted octanol–water partition coefficient (Wildman–Crippen LogP) is 5.86. The Balaban J connectivity index is 1.29. The van der Waals surface area contributed by atoms with Crippen LogP contribution in [0.25, 0.3) is 0 Å². The molecule has 3 aliphatic heterocycles. The molecule has 2 fully saturated rings. The van der Waals surface area contributed by atoms with Crippen LogP contribution < -0.4 is 14.4 Å². The van der Waals surface area contributed by atoms with Gasteiger partial charge in [0.2, 0.25) is 0 Å². The van der Waals surface area contributed by atoms with Crippen molar-refractivity contribution in [3.8, 4) is 5.75 Å². The van der Waals surface area contributed by atoms with Crippen molar-refractivity contribution in [1.29, 1.82) is 0 Å². The lowest BCUT2D eigenvalue weighted by Crippen LogP contribution is -2.58. The summed E-state index contributed by atoms with van der Waals surface area (Å²) in [6.45, 7) is 11.1. The minimum Gasteiger partial charge on any atom is -0.490 e. The minimum absolute atomic E-state index is 0.0587. The summed E-state index contributed by atoms with van der Waals surface area (Å²) in [5, 5.41) is 13.2. The van der Waals surface area contributed by atoms with Crippen LogP contribution >= 0.6 is 11.6 Å². The Hall–Kier alpha value is -2.30. The van der Waals surface area contributed by atoms with Crippen LogP contribution in [0.3, 0.4) is 0 Å². The highest BCUT2D eigenvalue weighted by molar-refractivity contribution is 7.99. The molecule has 8 atom stereocenters. The number of β-amino-alcohol motifs (C(OH)–C–C–N with tert-alkyl or cyclic N) is 1. The summed E-state index contributed by atoms with van der Waals surface area (Å²) >= 11 is 6.48. The van der Waals surface area contributed by atoms with E-state index in [2.05, 4.69) is 46.4 Å². The first kappa shape index (κ1) is 35.1. The molecule has 5 aliphatic rings. The smallest absolute Gasteiger partial charge is 0.262 e. The van der Waals surface area contributed by atoms with Crippen LogP contribution in [0.15, 0.2) is 36.4 Å². The Kier molecular flexibility index (Phi) is 9.80. The molecule has 2 N–H and O–H groups in total. The van der Waals surface area contributed by atoms with E-state index < -0.39 is 15.3 Å². The predicted molar refractivity (Wildman–Crippen MR) is 198 cm³/mol. The molecule has 8 nitrogen and oxygen atoms in total. The van der Waals surface area contributed by atoms with Crippen LogP contribution in [0.4, 0.5) is 5.69 Å². The average molecular weight is 712 g/mol. The molecule has 2 aromatic carbocycles. The summed E-state index contributed by atoms with van der Waals surface area (Å²) in [5.74, 6) is 4.92. The zero-order chi connectivity index (χ0) is 34.6. The van der Waals surface area contributed by atoms with E-state index in [-0.39, 0.29) is 34.5 Å². The molecule has 3 heterocycles. The van der Waals surface area contributed by atoms with Gasteiger partial charge in [-0.05, 0) is 124 Å². The Morgan fingerprint density at radius 2 is 1.92 bits per heavy atom. The normalized spacial score (nSPS) is 37.2. The maximum Gasteiger partial charge on any atom is 0.262 e. The third-order valence-corrected chi connectivity index (χ3v) is 15.1. The van der Waals surface area contributed by atoms with Crippen LogP contribution in [0, 0.1) is 17.8 Å². The number of carbonyl (C=O) groups excluding carboxylic acids is 1. The number of nitrogens with zero attached hydrogens (tertiary/aromatic N) is 2. The number of rotatable bonds is 2. The molecule has 1 saturated heterocycles. The van der Waals surface area contributed by atoms with Crippen molar-refractivity contribution in [3.05, 3.63) is 58.1 Å². The number of halogens is 1. The Bertz CT molecular complexity index is 1670. The summed E-state index contributed by atoms with van der Waals surface area (Å²) in [5.41, 5.74) is 2.82. The van der Waals surface area contributed by atoms with Gasteiger partial charge in [-0.1, -0.05) is 31.0 Å². The first-order chi connectivity index (χ1) is 23.4. The van der Waals surface area contributed by atoms with E-state index in [4.69, 9.17) is 21.1 Å². The molecule has 1 unspecified atom stereocenters. The van der Waals surface area contributed by atoms with Crippen molar-refractivity contribution in [2.75, 3.05) is 50.8 Å². The first-order valence-electron chi connectivity index (χ1n) is 18.4. The second kappa shape index (κ2) is 13.7. The summed E-state index contributed by atoms with van der Waals surface area (Å²) in [7, 11) is -2.94. The Labute approximate surface area is 298 Å². The number of amides is 1. The highest BCUT2D eigenvalue weighted by Gasteiger charge is 2.49. The third kappa shape index (κ3) is 6.99. The number of hydrogen-bond donors (Lipinski definition) is 2. The lowest BCUT2D eigenvalue weighted by molar-refractivity contribution is -0.121. The molecule has 2 aromatic rings. The van der Waals surface area contributed by atoms with Crippen LogP contribution in [0.1, 0.15) is 87.2 Å². The number of carbonyl (C=O) groups is 1. The van der Waals surface area contributed by atoms with E-state index in [9.17, 15) is 14.1 Å². The average Bonchev–Trinajstić information content (AvgIpc) is 3.18. The van der Waals surface area contributed by atoms with Crippen molar-refractivity contribution < 1.29 is 23.6 Å². The molecule has 268 valence electrons. The van der Waals surface area contributed by atoms with Crippen LogP contribution in [-0.2, 0) is 26.3 Å². The Morgan fingerprint density at radius 1 is 1.08 bits per heavy atom. The number of anilines is 1. The van der Waals surface area contributed by atoms with Gasteiger partial charge in [-0.15, -0.1) is 0 Å². The van der Waals surface area contributed by atoms with Crippen LogP contribution in [-0.4, -0.2) is 88.9 Å². The van der Waals surface area contributed by atoms with Crippen molar-refractivity contribution >= 4 is 38.8 Å². The fourth-order valence-corrected chi connectivity index (χ4v) is 11.2. The third-order valence-electron chi connectivity index (χ3n) is 12.6. The summed E-state index contributed by atoms with van der Waals surface area (Å²) in [4.78, 5) is 18.6. The number of nitrogens with one attached hydrogen (secondary N) is 1. The molecule has 1 saturated carbocycles. The number of ether oxygens (including phenoxy) is 2. The molecule has 2 aliphatic carbocycles. The zero-order valence-corrected chi connectivity index (χ0v) is 31.0. The molecule has 0 radical (unpaired) electrons. The number of benzene rings is 2. The van der Waals surface area contributed by atoms with Gasteiger partial charge in [0.15, 0.2) is 0 Å². The molecule has 10 heteroatoms. The number of aliphatic hydroxyl groups is 1. The largest absolute Gasteiger partial charge is 0.490 e. The molecule has 2 bridgehead atoms. The lowest BCUT2D eigenvalue weighted by atomic mass is 9.62. The van der Waals surface area contributed by atoms with Gasteiger partial charge in [0, 0.05) is 54.0 Å². The maximum atomic E-state index is 13.9. The van der Waals surface area contributed by atoms with Gasteiger partial charge in [0.1, 0.15) is 5.75 Å². The van der Waals surface area contributed by atoms with Gasteiger partial charge in [-0.25, -0.2) is 4.21 Å². The van der Waals surface area contributed by atoms with Gasteiger partial charge < -0.3 is 19.5 Å². The topological polar surface area (TPSA) is 91.3 Å². The van der Waals surface area contributed by atoms with E-state index >= 15 is 0 Å². The highest BCUT2D eigenvalue weighted by atomic mass is 35.5. The number of morpholine rings is 1. The van der Waals surface area contributed by atoms with Gasteiger partial charge >= 0.3 is 0 Å². The second-order valence-corrected chi connectivity index (χ2v) is 18.8. The maximum absolute atomic E-state index is 13.9. The van der Waals surface area contributed by atoms with Crippen molar-refractivity contribution in [1.82, 2.24) is 9.62 Å². The van der Waals surface area contributed by atoms with Crippen LogP contribution in [0.5, 0.6) is 5.75 Å². The van der Waals surface area contributed by atoms with Gasteiger partial charge in [0.05, 0.1) is 40.3 Å². The molecule has 1 amide bonds. The van der Waals surface area contributed by atoms with E-state index in [1.165, 1.54) is 11.1 Å². The first-order valence-corrected chi connectivity index (χ1v) is 20.6. The fourth-order valence-electron chi connectivity index (χ4n) is 9.49. The molecule has 1 spiro atoms. The quantitative estimate of drug-likeness (QED) is 0.378. The van der Waals surface area contributed by atoms with Crippen LogP contribution in [0.2, 0.25) is 5.02 Å². The second-order valence-electron chi connectivity index (χ2n) is 16.0. The van der Waals surface area contributed by atoms with Gasteiger partial charge in [0.25, 0.3) is 5.91 Å². The van der Waals surface area contributed by atoms with E-state index in [1.54, 1.807) is 6.07 Å². The van der Waals surface area contributed by atoms with Crippen molar-refractivity contribution in [2.24, 2.45) is 17.8 Å². The molecule has 0 aromatic heterocycles. The molecular weight excluding hydrogens is 658 g/mol. The molecule has 7 rings (SSSR count). The SMILES string of the molecule is C=S1(=O)NC(=O)c2ccc3c(c2)N(C[C@@H]2CC[C@H]2[C@@](O)(CN2CCO[C@@H](C)C2)CCC[C@H](C)[C@H]1C)C[C@@]1(CCCc2cc(Cl)ccc21)CO3. The zero-order valence-electron chi connectivity index (χ0n) is 29.4. The summed E-state index contributed by atoms with van der Waals surface area (Å²) < 4.78 is 29.3. The van der Waals surface area contributed by atoms with Gasteiger partial charge in [-0.3, -0.25) is 14.4 Å². The number of fused-ring (bicyclic) bond motifs is 4. The lowest BCUT2D eigenvalue weighted by Gasteiger charge is -2.52. The molecular formula is C39H54ClN3O5S. The van der Waals surface area contributed by atoms with Crippen molar-refractivity contribution in [2.45, 2.75) is 94.5 Å². The van der Waals surface area contributed by atoms with E-state index in [0.29, 0.717) is 37.7 Å². The van der Waals surface area contributed by atoms with Crippen molar-refractivity contribution in [3.63, 3.8) is 0 Å². The highest BCUT2D eigenvalue weighted by Crippen LogP contribution is 2.49. The summed E-state index contributed by atoms with van der Waals surface area (Å²) in [6.07, 6.45) is 7.53. The van der Waals surface area contributed by atoms with E-state index in [1.807, 2.05) is 25.1 Å². The monoisotopic (exact) mass is 711 g/mol. The standard InChI is InChI=1S/C39H54ClN3O5S/c1-26-7-5-16-39(45,24-42-17-18-47-27(2)21-42)34-12-9-31(34)22-43-23-38(15-6-8-29-19-32(40)11-13-33(29)38)25-48-36-14-10-30(20-35(36)43)37(44)41-49(4,46)28(26)3/h10-11,13-14,19-20,26-28,31,34,45H,4-9,12,15-18,21-25H2,1-3H3,(H,41,44,46)/t26-,27-,28+,31-,34+,38-,39-,49?/m0/s1. The minimum atomic E-state index is -2.94. The molecule has 49 heavy (non-hydrogen) atoms. The fraction of sp³-hybridized carbons (Fsp3) is 0.641. The van der Waals surface area contributed by atoms with E-state index in [0.717, 1.165) is 87.6 Å². The number of aryl methyl sites for hydroxylation is 1. The number of hydrogen-bond acceptors (Lipinski definition) is 7. The summed E-state index contributed by atoms with van der Waals surface area (Å²) in [6, 6.07) is 11.9. The van der Waals surface area contributed by atoms with Gasteiger partial charge in [-0.2, -0.15) is 0 Å².